The van der Waals surface area contributed by atoms with Gasteiger partial charge in [-0.15, -0.1) is 0 Å². The van der Waals surface area contributed by atoms with E-state index in [1.807, 2.05) is 54.6 Å². The molecule has 1 aromatic heterocycles. The summed E-state index contributed by atoms with van der Waals surface area (Å²) in [6, 6.07) is 18.8. The fourth-order valence-electron chi connectivity index (χ4n) is 2.59. The molecular formula is C21H20ClN3O2S. The lowest BCUT2D eigenvalue weighted by molar-refractivity contribution is -0.120. The van der Waals surface area contributed by atoms with Gasteiger partial charge in [-0.3, -0.25) is 9.59 Å². The number of benzene rings is 2. The Morgan fingerprint density at radius 2 is 1.82 bits per heavy atom. The van der Waals surface area contributed by atoms with Gasteiger partial charge in [-0.05, 0) is 29.7 Å². The van der Waals surface area contributed by atoms with Crippen molar-refractivity contribution < 1.29 is 4.79 Å². The van der Waals surface area contributed by atoms with Crippen molar-refractivity contribution in [2.75, 3.05) is 6.54 Å². The van der Waals surface area contributed by atoms with Gasteiger partial charge in [-0.1, -0.05) is 65.8 Å². The Labute approximate surface area is 172 Å². The fourth-order valence-corrected chi connectivity index (χ4v) is 3.57. The number of aromatic amines is 1. The van der Waals surface area contributed by atoms with Crippen LogP contribution in [0.15, 0.2) is 70.6 Å². The second-order valence-corrected chi connectivity index (χ2v) is 7.62. The average molecular weight is 414 g/mol. The van der Waals surface area contributed by atoms with E-state index in [4.69, 9.17) is 11.6 Å². The fraction of sp³-hybridized carbons (Fsp3) is 0.190. The molecule has 5 nitrogen and oxygen atoms in total. The number of hydrogen-bond donors (Lipinski definition) is 2. The van der Waals surface area contributed by atoms with E-state index >= 15 is 0 Å². The van der Waals surface area contributed by atoms with Crippen LogP contribution in [0.4, 0.5) is 0 Å². The smallest absolute Gasteiger partial charge is 0.251 e. The third kappa shape index (κ3) is 6.55. The Morgan fingerprint density at radius 1 is 1.07 bits per heavy atom. The Balaban J connectivity index is 1.52. The van der Waals surface area contributed by atoms with Crippen LogP contribution < -0.4 is 10.9 Å². The topological polar surface area (TPSA) is 74.8 Å². The number of H-pyrrole nitrogens is 1. The van der Waals surface area contributed by atoms with Crippen molar-refractivity contribution in [3.05, 3.63) is 92.9 Å². The number of nitrogens with zero attached hydrogens (tertiary/aromatic N) is 1. The minimum absolute atomic E-state index is 0.0766. The van der Waals surface area contributed by atoms with Gasteiger partial charge >= 0.3 is 0 Å². The third-order valence-electron chi connectivity index (χ3n) is 3.98. The van der Waals surface area contributed by atoms with E-state index in [9.17, 15) is 9.59 Å². The quantitative estimate of drug-likeness (QED) is 0.437. The molecule has 0 spiro atoms. The zero-order valence-corrected chi connectivity index (χ0v) is 16.7. The van der Waals surface area contributed by atoms with Crippen LogP contribution in [-0.2, 0) is 23.4 Å². The zero-order valence-electron chi connectivity index (χ0n) is 15.2. The first-order chi connectivity index (χ1) is 13.6. The minimum Gasteiger partial charge on any atom is -0.355 e. The molecule has 0 saturated heterocycles. The Hall–Kier alpha value is -2.57. The summed E-state index contributed by atoms with van der Waals surface area (Å²) >= 11 is 7.29. The molecule has 0 aliphatic heterocycles. The van der Waals surface area contributed by atoms with Crippen LogP contribution in [0.3, 0.4) is 0 Å². The Kier molecular flexibility index (Phi) is 7.28. The third-order valence-corrected chi connectivity index (χ3v) is 5.18. The van der Waals surface area contributed by atoms with E-state index in [-0.39, 0.29) is 17.9 Å². The first-order valence-electron chi connectivity index (χ1n) is 8.86. The van der Waals surface area contributed by atoms with E-state index in [1.165, 1.54) is 17.8 Å². The van der Waals surface area contributed by atoms with E-state index in [2.05, 4.69) is 15.3 Å². The maximum atomic E-state index is 12.2. The van der Waals surface area contributed by atoms with E-state index < -0.39 is 0 Å². The SMILES string of the molecule is O=C(Cc1cc(=O)[nH]c(SCc2ccc(Cl)cc2)n1)NCCc1ccccc1. The summed E-state index contributed by atoms with van der Waals surface area (Å²) in [4.78, 5) is 31.1. The van der Waals surface area contributed by atoms with Crippen molar-refractivity contribution in [1.29, 1.82) is 0 Å². The van der Waals surface area contributed by atoms with Gasteiger partial charge in [0.05, 0.1) is 12.1 Å². The molecule has 0 fully saturated rings. The van der Waals surface area contributed by atoms with Gasteiger partial charge in [-0.2, -0.15) is 0 Å². The van der Waals surface area contributed by atoms with Gasteiger partial charge in [0.25, 0.3) is 5.56 Å². The van der Waals surface area contributed by atoms with Crippen LogP contribution in [0, 0.1) is 0 Å². The molecule has 2 N–H and O–H groups in total. The minimum atomic E-state index is -0.263. The summed E-state index contributed by atoms with van der Waals surface area (Å²) < 4.78 is 0. The normalized spacial score (nSPS) is 10.6. The first-order valence-corrected chi connectivity index (χ1v) is 10.2. The maximum absolute atomic E-state index is 12.2. The highest BCUT2D eigenvalue weighted by Crippen LogP contribution is 2.20. The lowest BCUT2D eigenvalue weighted by atomic mass is 10.1. The lowest BCUT2D eigenvalue weighted by Crippen LogP contribution is -2.28. The second kappa shape index (κ2) is 10.1. The summed E-state index contributed by atoms with van der Waals surface area (Å²) in [7, 11) is 0. The molecule has 1 heterocycles. The average Bonchev–Trinajstić information content (AvgIpc) is 2.68. The molecule has 0 saturated carbocycles. The molecule has 0 bridgehead atoms. The number of thioether (sulfide) groups is 1. The van der Waals surface area contributed by atoms with Crippen LogP contribution in [0.5, 0.6) is 0 Å². The molecule has 1 amide bonds. The number of aromatic nitrogens is 2. The highest BCUT2D eigenvalue weighted by Gasteiger charge is 2.08. The molecule has 0 radical (unpaired) electrons. The van der Waals surface area contributed by atoms with Crippen molar-refractivity contribution in [3.8, 4) is 0 Å². The van der Waals surface area contributed by atoms with Gasteiger partial charge in [0, 0.05) is 23.4 Å². The van der Waals surface area contributed by atoms with Crippen molar-refractivity contribution in [2.45, 2.75) is 23.8 Å². The second-order valence-electron chi connectivity index (χ2n) is 6.22. The molecule has 0 aliphatic rings. The van der Waals surface area contributed by atoms with Crippen LogP contribution in [-0.4, -0.2) is 22.4 Å². The van der Waals surface area contributed by atoms with Crippen LogP contribution in [0.25, 0.3) is 0 Å². The summed E-state index contributed by atoms with van der Waals surface area (Å²) in [5.41, 5.74) is 2.43. The lowest BCUT2D eigenvalue weighted by Gasteiger charge is -2.07. The van der Waals surface area contributed by atoms with E-state index in [0.29, 0.717) is 28.2 Å². The van der Waals surface area contributed by atoms with Crippen molar-refractivity contribution in [2.24, 2.45) is 0 Å². The number of hydrogen-bond acceptors (Lipinski definition) is 4. The van der Waals surface area contributed by atoms with Crippen molar-refractivity contribution in [3.63, 3.8) is 0 Å². The van der Waals surface area contributed by atoms with Gasteiger partial charge in [0.2, 0.25) is 5.91 Å². The largest absolute Gasteiger partial charge is 0.355 e. The summed E-state index contributed by atoms with van der Waals surface area (Å²) in [6.07, 6.45) is 0.838. The van der Waals surface area contributed by atoms with Gasteiger partial charge in [-0.25, -0.2) is 4.98 Å². The number of carbonyl (C=O) groups excluding carboxylic acids is 1. The van der Waals surface area contributed by atoms with Gasteiger partial charge in [0.1, 0.15) is 0 Å². The summed E-state index contributed by atoms with van der Waals surface area (Å²) in [5.74, 6) is 0.495. The van der Waals surface area contributed by atoms with Gasteiger partial charge < -0.3 is 10.3 Å². The number of rotatable bonds is 8. The zero-order chi connectivity index (χ0) is 19.8. The molecule has 3 rings (SSSR count). The Morgan fingerprint density at radius 3 is 2.57 bits per heavy atom. The number of halogens is 1. The van der Waals surface area contributed by atoms with Crippen LogP contribution in [0.2, 0.25) is 5.02 Å². The van der Waals surface area contributed by atoms with E-state index in [0.717, 1.165) is 17.5 Å². The highest BCUT2D eigenvalue weighted by atomic mass is 35.5. The standard InChI is InChI=1S/C21H20ClN3O2S/c22-17-8-6-16(7-9-17)14-28-21-24-18(13-20(27)25-21)12-19(26)23-11-10-15-4-2-1-3-5-15/h1-9,13H,10-12,14H2,(H,23,26)(H,24,25,27). The monoisotopic (exact) mass is 413 g/mol. The summed E-state index contributed by atoms with van der Waals surface area (Å²) in [5, 5.41) is 4.05. The predicted molar refractivity (Wildman–Crippen MR) is 113 cm³/mol. The molecule has 2 aromatic carbocycles. The number of amides is 1. The number of carbonyl (C=O) groups is 1. The Bertz CT molecular complexity index is 975. The predicted octanol–water partition coefficient (Wildman–Crippen LogP) is 3.62. The maximum Gasteiger partial charge on any atom is 0.251 e. The van der Waals surface area contributed by atoms with E-state index in [1.54, 1.807) is 0 Å². The molecule has 28 heavy (non-hydrogen) atoms. The molecule has 0 unspecified atom stereocenters. The van der Waals surface area contributed by atoms with Gasteiger partial charge in [0.15, 0.2) is 5.16 Å². The summed E-state index contributed by atoms with van der Waals surface area (Å²) in [6.45, 7) is 0.546. The molecule has 0 atom stereocenters. The van der Waals surface area contributed by atoms with Crippen LogP contribution in [0.1, 0.15) is 16.8 Å². The highest BCUT2D eigenvalue weighted by molar-refractivity contribution is 7.98. The van der Waals surface area contributed by atoms with Crippen molar-refractivity contribution in [1.82, 2.24) is 15.3 Å². The first kappa shape index (κ1) is 20.2. The van der Waals surface area contributed by atoms with Crippen molar-refractivity contribution >= 4 is 29.3 Å². The molecule has 0 aliphatic carbocycles. The number of nitrogens with one attached hydrogen (secondary N) is 2. The van der Waals surface area contributed by atoms with Crippen LogP contribution >= 0.6 is 23.4 Å². The molecular weight excluding hydrogens is 394 g/mol. The molecule has 3 aromatic rings. The molecule has 144 valence electrons. The molecule has 7 heteroatoms.